The lowest BCUT2D eigenvalue weighted by Crippen LogP contribution is -2.39. The summed E-state index contributed by atoms with van der Waals surface area (Å²) in [7, 11) is -3.86. The van der Waals surface area contributed by atoms with Crippen LogP contribution in [0.4, 0.5) is 5.82 Å². The molecule has 0 fully saturated rings. The Bertz CT molecular complexity index is 1340. The summed E-state index contributed by atoms with van der Waals surface area (Å²) < 4.78 is 30.3. The van der Waals surface area contributed by atoms with E-state index in [1.165, 1.54) is 4.31 Å². The number of carbonyl (C=O) groups is 1. The number of nitrogens with zero attached hydrogens (tertiary/aromatic N) is 3. The van der Waals surface area contributed by atoms with E-state index in [9.17, 15) is 13.2 Å². The van der Waals surface area contributed by atoms with Gasteiger partial charge in [-0.25, -0.2) is 13.1 Å². The predicted molar refractivity (Wildman–Crippen MR) is 145 cm³/mol. The lowest BCUT2D eigenvalue weighted by atomic mass is 9.92. The van der Waals surface area contributed by atoms with E-state index in [0.29, 0.717) is 23.4 Å². The fourth-order valence-corrected chi connectivity index (χ4v) is 6.27. The average Bonchev–Trinajstić information content (AvgIpc) is 3.16. The van der Waals surface area contributed by atoms with E-state index in [4.69, 9.17) is 5.10 Å². The minimum absolute atomic E-state index is 0.230. The van der Waals surface area contributed by atoms with Gasteiger partial charge in [-0.15, -0.1) is 0 Å². The van der Waals surface area contributed by atoms with Crippen LogP contribution in [-0.2, 0) is 20.2 Å². The summed E-state index contributed by atoms with van der Waals surface area (Å²) in [6.07, 6.45) is 0.589. The molecule has 3 aromatic rings. The van der Waals surface area contributed by atoms with Gasteiger partial charge in [-0.05, 0) is 62.9 Å². The summed E-state index contributed by atoms with van der Waals surface area (Å²) in [5.41, 5.74) is 4.85. The van der Waals surface area contributed by atoms with Crippen LogP contribution in [0.15, 0.2) is 47.4 Å². The van der Waals surface area contributed by atoms with Crippen molar-refractivity contribution in [2.24, 2.45) is 0 Å². The highest BCUT2D eigenvalue weighted by Gasteiger charge is 2.30. The highest BCUT2D eigenvalue weighted by atomic mass is 32.2. The molecule has 0 spiro atoms. The van der Waals surface area contributed by atoms with Crippen molar-refractivity contribution in [3.8, 4) is 5.69 Å². The van der Waals surface area contributed by atoms with E-state index in [2.05, 4.69) is 26.1 Å². The third kappa shape index (κ3) is 6.05. The highest BCUT2D eigenvalue weighted by molar-refractivity contribution is 7.89. The maximum atomic E-state index is 13.7. The Hall–Kier alpha value is -2.97. The number of aromatic nitrogens is 2. The molecule has 7 nitrogen and oxygen atoms in total. The van der Waals surface area contributed by atoms with Crippen LogP contribution < -0.4 is 5.32 Å². The standard InChI is InChI=1S/C28H38N4O3S/c1-9-13-31(36(34,35)27-21(4)14-20(3)15-22(27)5)18-26(33)29-25-17-24(28(6,7)8)30-32(25)23-12-10-11-19(2)16-23/h10-12,14-17H,9,13,18H2,1-8H3,(H,29,33). The molecule has 2 aromatic carbocycles. The van der Waals surface area contributed by atoms with E-state index in [0.717, 1.165) is 22.5 Å². The van der Waals surface area contributed by atoms with Gasteiger partial charge in [0.05, 0.1) is 22.8 Å². The SMILES string of the molecule is CCCN(CC(=O)Nc1cc(C(C)(C)C)nn1-c1cccc(C)c1)S(=O)(=O)c1c(C)cc(C)cc1C. The molecule has 194 valence electrons. The average molecular weight is 511 g/mol. The van der Waals surface area contributed by atoms with Gasteiger partial charge in [0.15, 0.2) is 0 Å². The van der Waals surface area contributed by atoms with Gasteiger partial charge in [-0.3, -0.25) is 4.79 Å². The maximum Gasteiger partial charge on any atom is 0.244 e. The molecule has 0 bridgehead atoms. The highest BCUT2D eigenvalue weighted by Crippen LogP contribution is 2.28. The summed E-state index contributed by atoms with van der Waals surface area (Å²) >= 11 is 0. The van der Waals surface area contributed by atoms with Crippen molar-refractivity contribution in [1.29, 1.82) is 0 Å². The molecule has 0 aliphatic rings. The number of hydrogen-bond donors (Lipinski definition) is 1. The molecule has 3 rings (SSSR count). The lowest BCUT2D eigenvalue weighted by molar-refractivity contribution is -0.116. The molecule has 8 heteroatoms. The first-order chi connectivity index (χ1) is 16.7. The third-order valence-corrected chi connectivity index (χ3v) is 8.14. The summed E-state index contributed by atoms with van der Waals surface area (Å²) in [6.45, 7) is 15.6. The number of amides is 1. The van der Waals surface area contributed by atoms with Crippen molar-refractivity contribution in [2.75, 3.05) is 18.4 Å². The molecule has 0 aliphatic carbocycles. The van der Waals surface area contributed by atoms with Crippen molar-refractivity contribution < 1.29 is 13.2 Å². The molecule has 0 saturated heterocycles. The van der Waals surface area contributed by atoms with Crippen LogP contribution in [-0.4, -0.2) is 41.5 Å². The normalized spacial score (nSPS) is 12.2. The Morgan fingerprint density at radius 2 is 1.64 bits per heavy atom. The van der Waals surface area contributed by atoms with E-state index < -0.39 is 15.9 Å². The number of carbonyl (C=O) groups excluding carboxylic acids is 1. The summed E-state index contributed by atoms with van der Waals surface area (Å²) in [5, 5.41) is 7.69. The number of rotatable bonds is 8. The molecule has 0 saturated carbocycles. The van der Waals surface area contributed by atoms with Crippen LogP contribution in [0, 0.1) is 27.7 Å². The molecule has 1 aromatic heterocycles. The first-order valence-electron chi connectivity index (χ1n) is 12.3. The quantitative estimate of drug-likeness (QED) is 0.437. The van der Waals surface area contributed by atoms with Crippen LogP contribution >= 0.6 is 0 Å². The molecule has 0 aliphatic heterocycles. The van der Waals surface area contributed by atoms with E-state index >= 15 is 0 Å². The van der Waals surface area contributed by atoms with Crippen LogP contribution in [0.5, 0.6) is 0 Å². The Labute approximate surface area is 215 Å². The van der Waals surface area contributed by atoms with Gasteiger partial charge < -0.3 is 5.32 Å². The molecule has 36 heavy (non-hydrogen) atoms. The number of nitrogens with one attached hydrogen (secondary N) is 1. The van der Waals surface area contributed by atoms with E-state index in [1.807, 2.05) is 63.2 Å². The Balaban J connectivity index is 1.95. The molecular weight excluding hydrogens is 472 g/mol. The van der Waals surface area contributed by atoms with Crippen LogP contribution in [0.3, 0.4) is 0 Å². The second kappa shape index (κ2) is 10.6. The number of aryl methyl sites for hydroxylation is 4. The maximum absolute atomic E-state index is 13.7. The van der Waals surface area contributed by atoms with Gasteiger partial charge in [0.1, 0.15) is 5.82 Å². The van der Waals surface area contributed by atoms with E-state index in [1.54, 1.807) is 18.5 Å². The molecule has 0 atom stereocenters. The monoisotopic (exact) mass is 510 g/mol. The van der Waals surface area contributed by atoms with Gasteiger partial charge >= 0.3 is 0 Å². The van der Waals surface area contributed by atoms with Gasteiger partial charge in [-0.2, -0.15) is 9.40 Å². The summed E-state index contributed by atoms with van der Waals surface area (Å²) in [6, 6.07) is 13.4. The Kier molecular flexibility index (Phi) is 8.10. The molecule has 1 amide bonds. The fourth-order valence-electron chi connectivity index (χ4n) is 4.37. The lowest BCUT2D eigenvalue weighted by Gasteiger charge is -2.23. The largest absolute Gasteiger partial charge is 0.309 e. The topological polar surface area (TPSA) is 84.3 Å². The van der Waals surface area contributed by atoms with Crippen molar-refractivity contribution in [2.45, 2.75) is 72.1 Å². The van der Waals surface area contributed by atoms with Crippen molar-refractivity contribution in [3.63, 3.8) is 0 Å². The fraction of sp³-hybridized carbons (Fsp3) is 0.429. The van der Waals surface area contributed by atoms with Gasteiger partial charge in [0.2, 0.25) is 15.9 Å². The van der Waals surface area contributed by atoms with Crippen molar-refractivity contribution in [1.82, 2.24) is 14.1 Å². The molecular formula is C28H38N4O3S. The van der Waals surface area contributed by atoms with Crippen molar-refractivity contribution in [3.05, 3.63) is 70.4 Å². The molecule has 1 N–H and O–H groups in total. The molecule has 0 radical (unpaired) electrons. The molecule has 1 heterocycles. The smallest absolute Gasteiger partial charge is 0.244 e. The molecule has 0 unspecified atom stereocenters. The first kappa shape index (κ1) is 27.6. The number of hydrogen-bond acceptors (Lipinski definition) is 4. The van der Waals surface area contributed by atoms with Gasteiger partial charge in [-0.1, -0.05) is 57.5 Å². The minimum Gasteiger partial charge on any atom is -0.309 e. The van der Waals surface area contributed by atoms with Gasteiger partial charge in [0, 0.05) is 18.0 Å². The summed E-state index contributed by atoms with van der Waals surface area (Å²) in [4.78, 5) is 13.5. The second-order valence-corrected chi connectivity index (χ2v) is 12.4. The Morgan fingerprint density at radius 3 is 2.19 bits per heavy atom. The number of benzene rings is 2. The summed E-state index contributed by atoms with van der Waals surface area (Å²) in [5.74, 6) is 0.0933. The zero-order valence-corrected chi connectivity index (χ0v) is 23.5. The number of sulfonamides is 1. The van der Waals surface area contributed by atoms with Crippen molar-refractivity contribution >= 4 is 21.7 Å². The van der Waals surface area contributed by atoms with Crippen LogP contribution in [0.25, 0.3) is 5.69 Å². The van der Waals surface area contributed by atoms with E-state index in [-0.39, 0.29) is 23.4 Å². The van der Waals surface area contributed by atoms with Crippen LogP contribution in [0.2, 0.25) is 0 Å². The second-order valence-electron chi connectivity index (χ2n) is 10.5. The minimum atomic E-state index is -3.86. The van der Waals surface area contributed by atoms with Gasteiger partial charge in [0.25, 0.3) is 0 Å². The number of anilines is 1. The third-order valence-electron chi connectivity index (χ3n) is 5.99. The van der Waals surface area contributed by atoms with Crippen LogP contribution in [0.1, 0.15) is 62.1 Å². The predicted octanol–water partition coefficient (Wildman–Crippen LogP) is 5.44. The zero-order chi connectivity index (χ0) is 26.8. The Morgan fingerprint density at radius 1 is 1.00 bits per heavy atom. The zero-order valence-electron chi connectivity index (χ0n) is 22.6. The first-order valence-corrected chi connectivity index (χ1v) is 13.7.